The third-order valence-electron chi connectivity index (χ3n) is 4.62. The molecule has 4 rings (SSSR count). The second-order valence-electron chi connectivity index (χ2n) is 6.56. The Kier molecular flexibility index (Phi) is 5.30. The summed E-state index contributed by atoms with van der Waals surface area (Å²) in [5.41, 5.74) is 1.11. The number of halogens is 1. The lowest BCUT2D eigenvalue weighted by Crippen LogP contribution is -2.11. The molecule has 5 nitrogen and oxygen atoms in total. The lowest BCUT2D eigenvalue weighted by Gasteiger charge is -2.07. The molecule has 0 unspecified atom stereocenters. The molecule has 150 valence electrons. The third kappa shape index (κ3) is 3.93. The maximum atomic E-state index is 13.9. The van der Waals surface area contributed by atoms with E-state index in [0.717, 1.165) is 0 Å². The van der Waals surface area contributed by atoms with Crippen LogP contribution in [-0.2, 0) is 0 Å². The van der Waals surface area contributed by atoms with Gasteiger partial charge in [-0.3, -0.25) is 9.59 Å². The van der Waals surface area contributed by atoms with Crippen LogP contribution in [0.2, 0.25) is 0 Å². The van der Waals surface area contributed by atoms with Crippen molar-refractivity contribution in [1.82, 2.24) is 0 Å². The van der Waals surface area contributed by atoms with Gasteiger partial charge >= 0.3 is 0 Å². The summed E-state index contributed by atoms with van der Waals surface area (Å²) in [6.07, 6.45) is 1.37. The molecule has 6 heteroatoms. The van der Waals surface area contributed by atoms with E-state index in [-0.39, 0.29) is 29.5 Å². The molecule has 0 aliphatic carbocycles. The van der Waals surface area contributed by atoms with Gasteiger partial charge in [-0.15, -0.1) is 0 Å². The first-order valence-electron chi connectivity index (χ1n) is 9.18. The van der Waals surface area contributed by atoms with E-state index < -0.39 is 5.82 Å². The van der Waals surface area contributed by atoms with Crippen LogP contribution in [-0.4, -0.2) is 25.3 Å². The Bertz CT molecular complexity index is 1150. The second-order valence-corrected chi connectivity index (χ2v) is 6.56. The van der Waals surface area contributed by atoms with Crippen LogP contribution in [0, 0.1) is 5.82 Å². The lowest BCUT2D eigenvalue weighted by atomic mass is 10.1. The van der Waals surface area contributed by atoms with Gasteiger partial charge in [0.2, 0.25) is 5.78 Å². The van der Waals surface area contributed by atoms with Gasteiger partial charge in [-0.2, -0.15) is 0 Å². The number of hydrogen-bond acceptors (Lipinski definition) is 5. The molecule has 1 aliphatic rings. The minimum Gasteiger partial charge on any atom is -0.497 e. The van der Waals surface area contributed by atoms with Crippen LogP contribution in [0.15, 0.2) is 72.5 Å². The number of carbonyl (C=O) groups is 2. The van der Waals surface area contributed by atoms with Crippen molar-refractivity contribution in [2.75, 3.05) is 13.7 Å². The van der Waals surface area contributed by atoms with Crippen LogP contribution in [0.25, 0.3) is 6.08 Å². The number of fused-ring (bicyclic) bond motifs is 1. The first-order valence-corrected chi connectivity index (χ1v) is 9.18. The van der Waals surface area contributed by atoms with E-state index in [4.69, 9.17) is 14.2 Å². The molecular formula is C24H17FO5. The van der Waals surface area contributed by atoms with Crippen LogP contribution >= 0.6 is 0 Å². The molecule has 0 N–H and O–H groups in total. The standard InChI is InChI=1S/C24H17FO5/c1-28-17-8-6-15(7-9-17)21(26)14-29-18-10-11-19-22(13-18)30-23(24(19)27)12-16-4-2-3-5-20(16)25/h2-13H,14H2,1H3. The van der Waals surface area contributed by atoms with Gasteiger partial charge in [0.05, 0.1) is 12.7 Å². The highest BCUT2D eigenvalue weighted by Gasteiger charge is 2.28. The summed E-state index contributed by atoms with van der Waals surface area (Å²) < 4.78 is 30.1. The van der Waals surface area contributed by atoms with Gasteiger partial charge in [0.25, 0.3) is 0 Å². The van der Waals surface area contributed by atoms with Crippen molar-refractivity contribution in [3.05, 3.63) is 95.0 Å². The minimum absolute atomic E-state index is 0.0292. The molecule has 0 aromatic heterocycles. The maximum absolute atomic E-state index is 13.9. The second kappa shape index (κ2) is 8.21. The Morgan fingerprint density at radius 1 is 1.03 bits per heavy atom. The predicted octanol–water partition coefficient (Wildman–Crippen LogP) is 4.71. The molecule has 0 atom stereocenters. The number of ether oxygens (including phenoxy) is 3. The van der Waals surface area contributed by atoms with Crippen molar-refractivity contribution in [2.24, 2.45) is 0 Å². The first kappa shape index (κ1) is 19.4. The van der Waals surface area contributed by atoms with Gasteiger partial charge in [-0.1, -0.05) is 18.2 Å². The van der Waals surface area contributed by atoms with Gasteiger partial charge in [0.15, 0.2) is 18.1 Å². The van der Waals surface area contributed by atoms with Gasteiger partial charge < -0.3 is 14.2 Å². The number of ketones is 2. The molecule has 30 heavy (non-hydrogen) atoms. The summed E-state index contributed by atoms with van der Waals surface area (Å²) in [5.74, 6) is 0.393. The highest BCUT2D eigenvalue weighted by atomic mass is 19.1. The van der Waals surface area contributed by atoms with Crippen molar-refractivity contribution in [3.63, 3.8) is 0 Å². The Hall–Kier alpha value is -3.93. The third-order valence-corrected chi connectivity index (χ3v) is 4.62. The Balaban J connectivity index is 1.46. The van der Waals surface area contributed by atoms with E-state index in [1.807, 2.05) is 0 Å². The molecule has 0 fully saturated rings. The average Bonchev–Trinajstić information content (AvgIpc) is 3.08. The zero-order chi connectivity index (χ0) is 21.1. The van der Waals surface area contributed by atoms with Crippen molar-refractivity contribution in [3.8, 4) is 17.2 Å². The molecular weight excluding hydrogens is 387 g/mol. The van der Waals surface area contributed by atoms with Crippen molar-refractivity contribution in [1.29, 1.82) is 0 Å². The van der Waals surface area contributed by atoms with Crippen LogP contribution in [0.4, 0.5) is 4.39 Å². The van der Waals surface area contributed by atoms with Gasteiger partial charge in [-0.25, -0.2) is 4.39 Å². The maximum Gasteiger partial charge on any atom is 0.231 e. The number of Topliss-reactive ketones (excluding diaryl/α,β-unsaturated/α-hetero) is 2. The summed E-state index contributed by atoms with van der Waals surface area (Å²) in [6, 6.07) is 17.5. The summed E-state index contributed by atoms with van der Waals surface area (Å²) >= 11 is 0. The lowest BCUT2D eigenvalue weighted by molar-refractivity contribution is 0.0920. The highest BCUT2D eigenvalue weighted by Crippen LogP contribution is 2.35. The molecule has 1 heterocycles. The van der Waals surface area contributed by atoms with E-state index >= 15 is 0 Å². The van der Waals surface area contributed by atoms with Gasteiger partial charge in [0, 0.05) is 17.2 Å². The van der Waals surface area contributed by atoms with Crippen molar-refractivity contribution < 1.29 is 28.2 Å². The quantitative estimate of drug-likeness (QED) is 0.440. The largest absolute Gasteiger partial charge is 0.497 e. The molecule has 0 radical (unpaired) electrons. The molecule has 1 aliphatic heterocycles. The molecule has 0 saturated heterocycles. The Labute approximate surface area is 172 Å². The van der Waals surface area contributed by atoms with Crippen LogP contribution in [0.3, 0.4) is 0 Å². The van der Waals surface area contributed by atoms with Crippen LogP contribution < -0.4 is 14.2 Å². The normalized spacial score (nSPS) is 13.7. The topological polar surface area (TPSA) is 61.8 Å². The zero-order valence-electron chi connectivity index (χ0n) is 16.1. The number of methoxy groups -OCH3 is 1. The fourth-order valence-electron chi connectivity index (χ4n) is 3.00. The summed E-state index contributed by atoms with van der Waals surface area (Å²) in [4.78, 5) is 24.8. The van der Waals surface area contributed by atoms with Gasteiger partial charge in [0.1, 0.15) is 23.1 Å². The van der Waals surface area contributed by atoms with Crippen molar-refractivity contribution in [2.45, 2.75) is 0 Å². The summed E-state index contributed by atoms with van der Waals surface area (Å²) in [7, 11) is 1.55. The first-order chi connectivity index (χ1) is 14.5. The Morgan fingerprint density at radius 3 is 2.50 bits per heavy atom. The minimum atomic E-state index is -0.446. The number of allylic oxidation sites excluding steroid dienone is 1. The molecule has 3 aromatic carbocycles. The molecule has 0 amide bonds. The SMILES string of the molecule is COc1ccc(C(=O)COc2ccc3c(c2)OC(=Cc2ccccc2F)C3=O)cc1. The monoisotopic (exact) mass is 404 g/mol. The van der Waals surface area contributed by atoms with Crippen LogP contribution in [0.5, 0.6) is 17.2 Å². The number of hydrogen-bond donors (Lipinski definition) is 0. The fraction of sp³-hybridized carbons (Fsp3) is 0.0833. The Morgan fingerprint density at radius 2 is 1.77 bits per heavy atom. The number of carbonyl (C=O) groups excluding carboxylic acids is 2. The smallest absolute Gasteiger partial charge is 0.231 e. The van der Waals surface area contributed by atoms with E-state index in [1.54, 1.807) is 61.7 Å². The van der Waals surface area contributed by atoms with Crippen LogP contribution in [0.1, 0.15) is 26.3 Å². The van der Waals surface area contributed by atoms with Gasteiger partial charge in [-0.05, 0) is 48.5 Å². The highest BCUT2D eigenvalue weighted by molar-refractivity contribution is 6.14. The summed E-state index contributed by atoms with van der Waals surface area (Å²) in [5, 5.41) is 0. The number of benzene rings is 3. The molecule has 3 aromatic rings. The van der Waals surface area contributed by atoms with E-state index in [9.17, 15) is 14.0 Å². The van der Waals surface area contributed by atoms with E-state index in [1.165, 1.54) is 18.2 Å². The average molecular weight is 404 g/mol. The van der Waals surface area contributed by atoms with E-state index in [0.29, 0.717) is 28.4 Å². The fourth-order valence-corrected chi connectivity index (χ4v) is 3.00. The number of rotatable bonds is 6. The zero-order valence-corrected chi connectivity index (χ0v) is 16.1. The van der Waals surface area contributed by atoms with E-state index in [2.05, 4.69) is 0 Å². The molecule has 0 bridgehead atoms. The predicted molar refractivity (Wildman–Crippen MR) is 109 cm³/mol. The van der Waals surface area contributed by atoms with Crippen molar-refractivity contribution >= 4 is 17.6 Å². The molecule has 0 saturated carbocycles. The molecule has 0 spiro atoms. The summed E-state index contributed by atoms with van der Waals surface area (Å²) in [6.45, 7) is -0.170.